The predicted molar refractivity (Wildman–Crippen MR) is 94.1 cm³/mol. The Labute approximate surface area is 153 Å². The number of aromatic amines is 1. The number of amides is 1. The summed E-state index contributed by atoms with van der Waals surface area (Å²) >= 11 is 1.50. The zero-order valence-electron chi connectivity index (χ0n) is 14.3. The minimum atomic E-state index is -0.619. The lowest BCUT2D eigenvalue weighted by Crippen LogP contribution is -2.51. The highest BCUT2D eigenvalue weighted by atomic mass is 32.1. The summed E-state index contributed by atoms with van der Waals surface area (Å²) in [6.07, 6.45) is 1.84. The summed E-state index contributed by atoms with van der Waals surface area (Å²) in [5, 5.41) is 4.76. The van der Waals surface area contributed by atoms with Gasteiger partial charge < -0.3 is 14.8 Å². The van der Waals surface area contributed by atoms with Crippen LogP contribution in [-0.4, -0.2) is 45.8 Å². The summed E-state index contributed by atoms with van der Waals surface area (Å²) in [5.41, 5.74) is 1.88. The molecule has 2 N–H and O–H groups in total. The van der Waals surface area contributed by atoms with Gasteiger partial charge in [-0.2, -0.15) is 0 Å². The van der Waals surface area contributed by atoms with E-state index in [0.29, 0.717) is 31.8 Å². The molecule has 2 atom stereocenters. The molecule has 26 heavy (non-hydrogen) atoms. The molecule has 1 saturated heterocycles. The summed E-state index contributed by atoms with van der Waals surface area (Å²) in [4.78, 5) is 41.9. The van der Waals surface area contributed by atoms with Crippen molar-refractivity contribution in [3.63, 3.8) is 0 Å². The topological polar surface area (TPSA) is 115 Å². The summed E-state index contributed by atoms with van der Waals surface area (Å²) in [6.45, 7) is 2.66. The van der Waals surface area contributed by atoms with E-state index in [2.05, 4.69) is 15.3 Å². The van der Waals surface area contributed by atoms with Crippen molar-refractivity contribution >= 4 is 17.2 Å². The standard InChI is InChI=1S/C16H20N4O5S/c1-10-4-20(16(23)19-15(10)22)5-14(21)18-12-7-24-3-2-13(12)25-6-11-8-26-9-17-11/h4,8-9,12-13H,2-3,5-7H2,1H3,(H,18,21)(H,19,22,23)/t12-,13+/m1/s1. The molecule has 2 aromatic heterocycles. The summed E-state index contributed by atoms with van der Waals surface area (Å²) in [5.74, 6) is -0.351. The molecule has 3 heterocycles. The van der Waals surface area contributed by atoms with Crippen LogP contribution in [0.5, 0.6) is 0 Å². The van der Waals surface area contributed by atoms with Crippen molar-refractivity contribution < 1.29 is 14.3 Å². The van der Waals surface area contributed by atoms with E-state index < -0.39 is 11.2 Å². The van der Waals surface area contributed by atoms with Gasteiger partial charge in [0.1, 0.15) is 6.54 Å². The van der Waals surface area contributed by atoms with Crippen LogP contribution in [0.3, 0.4) is 0 Å². The molecule has 0 bridgehead atoms. The van der Waals surface area contributed by atoms with Gasteiger partial charge in [-0.3, -0.25) is 19.1 Å². The number of nitrogens with zero attached hydrogens (tertiary/aromatic N) is 2. The Kier molecular flexibility index (Phi) is 5.96. The first-order valence-electron chi connectivity index (χ1n) is 8.19. The lowest BCUT2D eigenvalue weighted by Gasteiger charge is -2.32. The van der Waals surface area contributed by atoms with Gasteiger partial charge in [0.25, 0.3) is 5.56 Å². The van der Waals surface area contributed by atoms with E-state index in [1.807, 2.05) is 5.38 Å². The number of nitrogens with one attached hydrogen (secondary N) is 2. The first-order chi connectivity index (χ1) is 12.5. The second kappa shape index (κ2) is 8.39. The van der Waals surface area contributed by atoms with Gasteiger partial charge in [-0.15, -0.1) is 11.3 Å². The van der Waals surface area contributed by atoms with Crippen LogP contribution >= 0.6 is 11.3 Å². The van der Waals surface area contributed by atoms with Crippen LogP contribution in [-0.2, 0) is 27.4 Å². The van der Waals surface area contributed by atoms with Crippen LogP contribution < -0.4 is 16.6 Å². The first kappa shape index (κ1) is 18.5. The Balaban J connectivity index is 1.60. The molecule has 0 saturated carbocycles. The fourth-order valence-corrected chi connectivity index (χ4v) is 3.24. The molecule has 2 aromatic rings. The molecule has 0 radical (unpaired) electrons. The van der Waals surface area contributed by atoms with E-state index in [1.165, 1.54) is 22.1 Å². The highest BCUT2D eigenvalue weighted by molar-refractivity contribution is 7.07. The monoisotopic (exact) mass is 380 g/mol. The largest absolute Gasteiger partial charge is 0.379 e. The van der Waals surface area contributed by atoms with Gasteiger partial charge >= 0.3 is 5.69 Å². The van der Waals surface area contributed by atoms with Gasteiger partial charge in [0.2, 0.25) is 5.91 Å². The van der Waals surface area contributed by atoms with Crippen molar-refractivity contribution in [3.05, 3.63) is 49.2 Å². The maximum absolute atomic E-state index is 12.3. The SMILES string of the molecule is Cc1cn(CC(=O)N[C@@H]2COCC[C@@H]2OCc2cscn2)c(=O)[nH]c1=O. The Bertz CT molecular complexity index is 860. The molecular formula is C16H20N4O5S. The van der Waals surface area contributed by atoms with Crippen molar-refractivity contribution in [1.82, 2.24) is 19.9 Å². The lowest BCUT2D eigenvalue weighted by atomic mass is 10.1. The maximum Gasteiger partial charge on any atom is 0.328 e. The van der Waals surface area contributed by atoms with Crippen molar-refractivity contribution in [3.8, 4) is 0 Å². The molecule has 1 fully saturated rings. The van der Waals surface area contributed by atoms with E-state index in [-0.39, 0.29) is 24.6 Å². The van der Waals surface area contributed by atoms with E-state index in [9.17, 15) is 14.4 Å². The van der Waals surface area contributed by atoms with Crippen molar-refractivity contribution in [2.24, 2.45) is 0 Å². The van der Waals surface area contributed by atoms with E-state index in [1.54, 1.807) is 12.4 Å². The van der Waals surface area contributed by atoms with Gasteiger partial charge in [0.05, 0.1) is 36.6 Å². The average Bonchev–Trinajstić information content (AvgIpc) is 3.12. The first-order valence-corrected chi connectivity index (χ1v) is 9.13. The predicted octanol–water partition coefficient (Wildman–Crippen LogP) is -0.208. The number of carbonyl (C=O) groups excluding carboxylic acids is 1. The second-order valence-corrected chi connectivity index (χ2v) is 6.78. The van der Waals surface area contributed by atoms with Crippen molar-refractivity contribution in [1.29, 1.82) is 0 Å². The Morgan fingerprint density at radius 3 is 3.15 bits per heavy atom. The number of thiazole rings is 1. The van der Waals surface area contributed by atoms with Crippen LogP contribution in [0, 0.1) is 6.92 Å². The molecular weight excluding hydrogens is 360 g/mol. The Hall–Kier alpha value is -2.30. The molecule has 0 aliphatic carbocycles. The quantitative estimate of drug-likeness (QED) is 0.717. The molecule has 0 spiro atoms. The van der Waals surface area contributed by atoms with Crippen LogP contribution in [0.2, 0.25) is 0 Å². The number of H-pyrrole nitrogens is 1. The number of hydrogen-bond acceptors (Lipinski definition) is 7. The van der Waals surface area contributed by atoms with E-state index in [4.69, 9.17) is 9.47 Å². The Morgan fingerprint density at radius 1 is 1.54 bits per heavy atom. The highest BCUT2D eigenvalue weighted by Gasteiger charge is 2.28. The number of carbonyl (C=O) groups is 1. The van der Waals surface area contributed by atoms with Crippen LogP contribution in [0.25, 0.3) is 0 Å². The smallest absolute Gasteiger partial charge is 0.328 e. The summed E-state index contributed by atoms with van der Waals surface area (Å²) in [6, 6.07) is -0.311. The minimum absolute atomic E-state index is 0.189. The molecule has 140 valence electrons. The second-order valence-electron chi connectivity index (χ2n) is 6.07. The number of rotatable bonds is 6. The molecule has 3 rings (SSSR count). The minimum Gasteiger partial charge on any atom is -0.379 e. The van der Waals surface area contributed by atoms with Crippen LogP contribution in [0.4, 0.5) is 0 Å². The lowest BCUT2D eigenvalue weighted by molar-refractivity contribution is -0.127. The third-order valence-electron chi connectivity index (χ3n) is 4.07. The molecule has 0 aromatic carbocycles. The fourth-order valence-electron chi connectivity index (χ4n) is 2.70. The third-order valence-corrected chi connectivity index (χ3v) is 4.71. The molecule has 1 aliphatic rings. The molecule has 0 unspecified atom stereocenters. The fraction of sp³-hybridized carbons (Fsp3) is 0.500. The van der Waals surface area contributed by atoms with Gasteiger partial charge in [-0.1, -0.05) is 0 Å². The number of aromatic nitrogens is 3. The van der Waals surface area contributed by atoms with E-state index >= 15 is 0 Å². The molecule has 1 amide bonds. The average molecular weight is 380 g/mol. The number of aryl methyl sites for hydroxylation is 1. The van der Waals surface area contributed by atoms with Gasteiger partial charge in [0.15, 0.2) is 0 Å². The molecule has 1 aliphatic heterocycles. The zero-order valence-corrected chi connectivity index (χ0v) is 15.1. The van der Waals surface area contributed by atoms with Crippen LogP contribution in [0.1, 0.15) is 17.7 Å². The third kappa shape index (κ3) is 4.65. The zero-order chi connectivity index (χ0) is 18.5. The highest BCUT2D eigenvalue weighted by Crippen LogP contribution is 2.14. The van der Waals surface area contributed by atoms with Crippen LogP contribution in [0.15, 0.2) is 26.7 Å². The van der Waals surface area contributed by atoms with Gasteiger partial charge in [0, 0.05) is 23.7 Å². The van der Waals surface area contributed by atoms with Gasteiger partial charge in [-0.25, -0.2) is 9.78 Å². The van der Waals surface area contributed by atoms with Crippen molar-refractivity contribution in [2.75, 3.05) is 13.2 Å². The number of ether oxygens (including phenoxy) is 2. The normalized spacial score (nSPS) is 20.0. The number of hydrogen-bond donors (Lipinski definition) is 2. The van der Waals surface area contributed by atoms with Crippen molar-refractivity contribution in [2.45, 2.75) is 38.6 Å². The maximum atomic E-state index is 12.3. The van der Waals surface area contributed by atoms with E-state index in [0.717, 1.165) is 5.69 Å². The molecule has 9 nitrogen and oxygen atoms in total. The molecule has 10 heteroatoms. The van der Waals surface area contributed by atoms with Gasteiger partial charge in [-0.05, 0) is 13.3 Å². The Morgan fingerprint density at radius 2 is 2.38 bits per heavy atom. The summed E-state index contributed by atoms with van der Waals surface area (Å²) < 4.78 is 12.5. The summed E-state index contributed by atoms with van der Waals surface area (Å²) in [7, 11) is 0.